The molecule has 0 aromatic heterocycles. The van der Waals surface area contributed by atoms with E-state index in [1.165, 1.54) is 0 Å². The molecule has 0 aliphatic heterocycles. The Morgan fingerprint density at radius 1 is 0.839 bits per heavy atom. The van der Waals surface area contributed by atoms with Crippen molar-refractivity contribution in [2.24, 2.45) is 0 Å². The van der Waals surface area contributed by atoms with Gasteiger partial charge in [0.25, 0.3) is 10.0 Å². The molecule has 0 radical (unpaired) electrons. The lowest BCUT2D eigenvalue weighted by Gasteiger charge is -2.39. The van der Waals surface area contributed by atoms with Crippen LogP contribution < -0.4 is 0 Å². The van der Waals surface area contributed by atoms with Crippen LogP contribution in [0.15, 0.2) is 12.7 Å². The van der Waals surface area contributed by atoms with Gasteiger partial charge in [0.1, 0.15) is 6.61 Å². The lowest BCUT2D eigenvalue weighted by molar-refractivity contribution is -0.433. The summed E-state index contributed by atoms with van der Waals surface area (Å²) in [7, 11) is -7.16. The van der Waals surface area contributed by atoms with Crippen molar-refractivity contribution in [2.45, 2.75) is 35.1 Å². The zero-order valence-corrected chi connectivity index (χ0v) is 15.4. The van der Waals surface area contributed by atoms with Gasteiger partial charge in [0.15, 0.2) is 0 Å². The zero-order chi connectivity index (χ0) is 25.5. The minimum absolute atomic E-state index is 0.0261. The van der Waals surface area contributed by atoms with E-state index >= 15 is 0 Å². The largest absolute Gasteiger partial charge is 0.461 e. The van der Waals surface area contributed by atoms with Crippen molar-refractivity contribution in [1.29, 1.82) is 0 Å². The molecule has 0 spiro atoms. The van der Waals surface area contributed by atoms with Gasteiger partial charge in [0, 0.05) is 19.7 Å². The average Bonchev–Trinajstić information content (AvgIpc) is 2.59. The number of sulfonamides is 1. The Morgan fingerprint density at radius 2 is 1.23 bits per heavy atom. The normalized spacial score (nSPS) is 15.2. The maximum atomic E-state index is 13.7. The predicted molar refractivity (Wildman–Crippen MR) is 73.5 cm³/mol. The zero-order valence-electron chi connectivity index (χ0n) is 14.6. The number of likely N-dealkylation sites (N-methyl/N-ethyl adjacent to an activating group) is 1. The Morgan fingerprint density at radius 3 is 1.58 bits per heavy atom. The number of hydrogen-bond acceptors (Lipinski definition) is 4. The molecule has 0 atom stereocenters. The molecule has 0 aliphatic carbocycles. The summed E-state index contributed by atoms with van der Waals surface area (Å²) in [6.07, 6.45) is -7.16. The lowest BCUT2D eigenvalue weighted by Crippen LogP contribution is -2.71. The third kappa shape index (κ3) is 4.42. The summed E-state index contributed by atoms with van der Waals surface area (Å²) in [6.45, 7) is 0.173. The molecule has 0 saturated heterocycles. The Bertz CT molecular complexity index is 791. The highest BCUT2D eigenvalue weighted by molar-refractivity contribution is 7.90. The molecule has 0 bridgehead atoms. The molecule has 0 amide bonds. The Hall–Kier alpha value is -1.79. The smallest absolute Gasteiger partial charge is 0.460 e. The van der Waals surface area contributed by atoms with Gasteiger partial charge in [-0.3, -0.25) is 0 Å². The van der Waals surface area contributed by atoms with Crippen LogP contribution in [0.25, 0.3) is 0 Å². The maximum Gasteiger partial charge on any atom is 0.460 e. The molecule has 0 aromatic carbocycles. The van der Waals surface area contributed by atoms with Crippen molar-refractivity contribution in [1.82, 2.24) is 4.31 Å². The first-order chi connectivity index (χ1) is 13.4. The van der Waals surface area contributed by atoms with Crippen LogP contribution in [0.2, 0.25) is 0 Å². The van der Waals surface area contributed by atoms with Crippen molar-refractivity contribution >= 4 is 16.0 Å². The number of esters is 1. The van der Waals surface area contributed by atoms with E-state index in [0.29, 0.717) is 6.08 Å². The number of halogens is 13. The highest BCUT2D eigenvalue weighted by Crippen LogP contribution is 2.61. The van der Waals surface area contributed by atoms with E-state index in [-0.39, 0.29) is 7.05 Å². The highest BCUT2D eigenvalue weighted by atomic mass is 32.2. The summed E-state index contributed by atoms with van der Waals surface area (Å²) >= 11 is 0. The molecule has 5 nitrogen and oxygen atoms in total. The molecule has 0 heterocycles. The van der Waals surface area contributed by atoms with Crippen LogP contribution in [-0.4, -0.2) is 74.0 Å². The second-order valence-electron chi connectivity index (χ2n) is 5.51. The standard InChI is InChI=1S/C12H10F13NO4S/c1-3-6(27)30-5-4-26(2)31(28,29)12(24,25)10(19,20)8(15,16)7(13,14)9(17,18)11(21,22)23/h3H,1,4-5H2,2H3. The van der Waals surface area contributed by atoms with Gasteiger partial charge in [-0.2, -0.15) is 61.4 Å². The van der Waals surface area contributed by atoms with Crippen LogP contribution in [0, 0.1) is 0 Å². The van der Waals surface area contributed by atoms with E-state index in [4.69, 9.17) is 0 Å². The van der Waals surface area contributed by atoms with Crippen molar-refractivity contribution in [3.8, 4) is 0 Å². The molecule has 19 heteroatoms. The first-order valence-electron chi connectivity index (χ1n) is 7.08. The monoisotopic (exact) mass is 511 g/mol. The summed E-state index contributed by atoms with van der Waals surface area (Å²) in [5, 5.41) is -7.34. The van der Waals surface area contributed by atoms with E-state index in [9.17, 15) is 70.3 Å². The Balaban J connectivity index is 6.26. The summed E-state index contributed by atoms with van der Waals surface area (Å²) in [5.41, 5.74) is 0. The first-order valence-corrected chi connectivity index (χ1v) is 8.52. The van der Waals surface area contributed by atoms with Crippen LogP contribution in [0.5, 0.6) is 0 Å². The summed E-state index contributed by atoms with van der Waals surface area (Å²) in [4.78, 5) is 10.7. The average molecular weight is 511 g/mol. The van der Waals surface area contributed by atoms with E-state index < -0.39 is 68.6 Å². The number of alkyl halides is 13. The number of carbonyl (C=O) groups excluding carboxylic acids is 1. The van der Waals surface area contributed by atoms with Crippen LogP contribution in [0.1, 0.15) is 0 Å². The number of hydrogen-bond donors (Lipinski definition) is 0. The van der Waals surface area contributed by atoms with E-state index in [1.807, 2.05) is 0 Å². The second-order valence-corrected chi connectivity index (χ2v) is 7.60. The minimum atomic E-state index is -8.24. The molecule has 31 heavy (non-hydrogen) atoms. The van der Waals surface area contributed by atoms with Gasteiger partial charge in [0.2, 0.25) is 0 Å². The summed E-state index contributed by atoms with van der Waals surface area (Å²) < 4.78 is 195. The van der Waals surface area contributed by atoms with Crippen molar-refractivity contribution in [3.63, 3.8) is 0 Å². The van der Waals surface area contributed by atoms with Gasteiger partial charge in [-0.25, -0.2) is 13.2 Å². The van der Waals surface area contributed by atoms with Gasteiger partial charge in [-0.05, 0) is 0 Å². The van der Waals surface area contributed by atoms with Crippen molar-refractivity contribution in [3.05, 3.63) is 12.7 Å². The third-order valence-electron chi connectivity index (χ3n) is 3.46. The molecule has 0 saturated carbocycles. The lowest BCUT2D eigenvalue weighted by atomic mass is 9.98. The van der Waals surface area contributed by atoms with Crippen molar-refractivity contribution < 1.29 is 75.0 Å². The quantitative estimate of drug-likeness (QED) is 0.255. The number of nitrogens with zero attached hydrogens (tertiary/aromatic N) is 1. The number of ether oxygens (including phenoxy) is 1. The van der Waals surface area contributed by atoms with E-state index in [0.717, 1.165) is 0 Å². The van der Waals surface area contributed by atoms with Gasteiger partial charge >= 0.3 is 41.1 Å². The molecular formula is C12H10F13NO4S. The SMILES string of the molecule is C=CC(=O)OCCN(C)S(=O)(=O)C(F)(F)C(F)(F)C(F)(F)C(F)(F)C(F)(F)C(F)(F)F. The molecule has 0 aromatic rings. The van der Waals surface area contributed by atoms with Gasteiger partial charge < -0.3 is 4.74 Å². The molecule has 0 aliphatic rings. The topological polar surface area (TPSA) is 63.7 Å². The van der Waals surface area contributed by atoms with Crippen molar-refractivity contribution in [2.75, 3.05) is 20.2 Å². The number of rotatable bonds is 10. The second kappa shape index (κ2) is 8.28. The van der Waals surface area contributed by atoms with Gasteiger partial charge in [0.05, 0.1) is 0 Å². The summed E-state index contributed by atoms with van der Waals surface area (Å²) in [5.74, 6) is -33.7. The molecule has 0 unspecified atom stereocenters. The Kier molecular flexibility index (Phi) is 7.81. The Labute approximate surface area is 164 Å². The van der Waals surface area contributed by atoms with Gasteiger partial charge in [-0.15, -0.1) is 0 Å². The summed E-state index contributed by atoms with van der Waals surface area (Å²) in [6, 6.07) is 0. The van der Waals surface area contributed by atoms with E-state index in [1.54, 1.807) is 0 Å². The predicted octanol–water partition coefficient (Wildman–Crippen LogP) is 3.67. The first kappa shape index (κ1) is 29.2. The molecular weight excluding hydrogens is 501 g/mol. The third-order valence-corrected chi connectivity index (χ3v) is 5.36. The minimum Gasteiger partial charge on any atom is -0.461 e. The molecule has 0 fully saturated rings. The van der Waals surface area contributed by atoms with Crippen LogP contribution in [-0.2, 0) is 19.6 Å². The van der Waals surface area contributed by atoms with Crippen LogP contribution >= 0.6 is 0 Å². The molecule has 0 N–H and O–H groups in total. The number of carbonyl (C=O) groups is 1. The fourth-order valence-electron chi connectivity index (χ4n) is 1.57. The van der Waals surface area contributed by atoms with Crippen LogP contribution in [0.3, 0.4) is 0 Å². The molecule has 184 valence electrons. The highest BCUT2D eigenvalue weighted by Gasteiger charge is 2.92. The van der Waals surface area contributed by atoms with E-state index in [2.05, 4.69) is 11.3 Å². The van der Waals surface area contributed by atoms with Gasteiger partial charge in [-0.1, -0.05) is 6.58 Å². The molecule has 0 rings (SSSR count). The fraction of sp³-hybridized carbons (Fsp3) is 0.750. The van der Waals surface area contributed by atoms with Crippen LogP contribution in [0.4, 0.5) is 57.1 Å². The maximum absolute atomic E-state index is 13.7. The fourth-order valence-corrected chi connectivity index (χ4v) is 2.73.